The van der Waals surface area contributed by atoms with E-state index in [4.69, 9.17) is 14.2 Å². The molecule has 0 saturated heterocycles. The zero-order chi connectivity index (χ0) is 15.2. The average molecular weight is 289 g/mol. The van der Waals surface area contributed by atoms with Gasteiger partial charge in [-0.15, -0.1) is 13.2 Å². The summed E-state index contributed by atoms with van der Waals surface area (Å²) in [5.74, 6) is 1.76. The maximum Gasteiger partial charge on any atom is 0.263 e. The van der Waals surface area contributed by atoms with Gasteiger partial charge in [0.15, 0.2) is 17.6 Å². The molecule has 1 amide bonds. The third-order valence-corrected chi connectivity index (χ3v) is 3.02. The lowest BCUT2D eigenvalue weighted by atomic mass is 10.3. The molecule has 0 fully saturated rings. The van der Waals surface area contributed by atoms with Crippen molar-refractivity contribution in [1.29, 1.82) is 0 Å². The minimum absolute atomic E-state index is 0.118. The molecule has 5 heteroatoms. The first-order valence-corrected chi connectivity index (χ1v) is 6.72. The van der Waals surface area contributed by atoms with Gasteiger partial charge in [-0.3, -0.25) is 4.79 Å². The first-order chi connectivity index (χ1) is 10.2. The van der Waals surface area contributed by atoms with Gasteiger partial charge in [0.1, 0.15) is 5.75 Å². The molecule has 0 N–H and O–H groups in total. The van der Waals surface area contributed by atoms with Crippen LogP contribution in [0.4, 0.5) is 0 Å². The van der Waals surface area contributed by atoms with Gasteiger partial charge >= 0.3 is 0 Å². The highest BCUT2D eigenvalue weighted by Gasteiger charge is 2.21. The Morgan fingerprint density at radius 1 is 1.33 bits per heavy atom. The summed E-state index contributed by atoms with van der Waals surface area (Å²) in [5, 5.41) is 0. The van der Waals surface area contributed by atoms with Crippen LogP contribution >= 0.6 is 0 Å². The number of rotatable bonds is 7. The van der Waals surface area contributed by atoms with E-state index in [-0.39, 0.29) is 12.7 Å². The van der Waals surface area contributed by atoms with E-state index in [1.165, 1.54) is 0 Å². The zero-order valence-electron chi connectivity index (χ0n) is 12.1. The van der Waals surface area contributed by atoms with Crippen molar-refractivity contribution < 1.29 is 19.0 Å². The minimum Gasteiger partial charge on any atom is -0.481 e. The SMILES string of the molecule is C=CCN(CC=C)C(=O)C(C)Oc1ccc2c(c1)OCO2. The maximum atomic E-state index is 12.3. The van der Waals surface area contributed by atoms with Crippen LogP contribution in [0.2, 0.25) is 0 Å². The van der Waals surface area contributed by atoms with Gasteiger partial charge in [0.25, 0.3) is 5.91 Å². The molecule has 0 aromatic heterocycles. The average Bonchev–Trinajstić information content (AvgIpc) is 2.93. The van der Waals surface area contributed by atoms with Gasteiger partial charge in [0.2, 0.25) is 6.79 Å². The third kappa shape index (κ3) is 3.56. The molecule has 1 atom stereocenters. The zero-order valence-corrected chi connectivity index (χ0v) is 12.1. The summed E-state index contributed by atoms with van der Waals surface area (Å²) in [4.78, 5) is 13.9. The minimum atomic E-state index is -0.606. The normalized spacial score (nSPS) is 13.4. The molecule has 1 aromatic carbocycles. The quantitative estimate of drug-likeness (QED) is 0.723. The molecule has 112 valence electrons. The molecule has 0 bridgehead atoms. The maximum absolute atomic E-state index is 12.3. The fourth-order valence-corrected chi connectivity index (χ4v) is 2.03. The number of fused-ring (bicyclic) bond motifs is 1. The number of ether oxygens (including phenoxy) is 3. The number of benzene rings is 1. The smallest absolute Gasteiger partial charge is 0.263 e. The van der Waals surface area contributed by atoms with E-state index in [0.29, 0.717) is 30.3 Å². The van der Waals surface area contributed by atoms with Gasteiger partial charge in [-0.1, -0.05) is 12.2 Å². The van der Waals surface area contributed by atoms with E-state index in [9.17, 15) is 4.79 Å². The van der Waals surface area contributed by atoms with Gasteiger partial charge in [0.05, 0.1) is 0 Å². The van der Waals surface area contributed by atoms with Gasteiger partial charge in [0, 0.05) is 19.2 Å². The topological polar surface area (TPSA) is 48.0 Å². The predicted molar refractivity (Wildman–Crippen MR) is 79.6 cm³/mol. The Kier molecular flexibility index (Phi) is 4.87. The Balaban J connectivity index is 2.02. The van der Waals surface area contributed by atoms with Crippen molar-refractivity contribution in [1.82, 2.24) is 4.90 Å². The van der Waals surface area contributed by atoms with E-state index >= 15 is 0 Å². The first kappa shape index (κ1) is 15.0. The van der Waals surface area contributed by atoms with Crippen molar-refractivity contribution in [3.05, 3.63) is 43.5 Å². The predicted octanol–water partition coefficient (Wildman–Crippen LogP) is 2.38. The number of carbonyl (C=O) groups excluding carboxylic acids is 1. The standard InChI is InChI=1S/C16H19NO4/c1-4-8-17(9-5-2)16(18)12(3)21-13-6-7-14-15(10-13)20-11-19-14/h4-7,10,12H,1-2,8-9,11H2,3H3. The lowest BCUT2D eigenvalue weighted by molar-refractivity contribution is -0.136. The second-order valence-corrected chi connectivity index (χ2v) is 4.60. The number of carbonyl (C=O) groups is 1. The summed E-state index contributed by atoms with van der Waals surface area (Å²) in [6, 6.07) is 5.24. The van der Waals surface area contributed by atoms with Crippen LogP contribution in [0.1, 0.15) is 6.92 Å². The molecule has 0 spiro atoms. The highest BCUT2D eigenvalue weighted by atomic mass is 16.7. The van der Waals surface area contributed by atoms with E-state index < -0.39 is 6.10 Å². The summed E-state index contributed by atoms with van der Waals surface area (Å²) in [7, 11) is 0. The summed E-state index contributed by atoms with van der Waals surface area (Å²) in [6.45, 7) is 10.1. The van der Waals surface area contributed by atoms with Crippen LogP contribution in [-0.2, 0) is 4.79 Å². The molecule has 1 aliphatic heterocycles. The van der Waals surface area contributed by atoms with Crippen molar-refractivity contribution in [3.63, 3.8) is 0 Å². The van der Waals surface area contributed by atoms with Gasteiger partial charge in [-0.2, -0.15) is 0 Å². The molecule has 1 unspecified atom stereocenters. The third-order valence-electron chi connectivity index (χ3n) is 3.02. The fourth-order valence-electron chi connectivity index (χ4n) is 2.03. The monoisotopic (exact) mass is 289 g/mol. The largest absolute Gasteiger partial charge is 0.481 e. The van der Waals surface area contributed by atoms with Gasteiger partial charge in [-0.25, -0.2) is 0 Å². The Morgan fingerprint density at radius 2 is 2.00 bits per heavy atom. The van der Waals surface area contributed by atoms with Crippen LogP contribution in [0.3, 0.4) is 0 Å². The fraction of sp³-hybridized carbons (Fsp3) is 0.312. The first-order valence-electron chi connectivity index (χ1n) is 6.72. The molecule has 1 heterocycles. The van der Waals surface area contributed by atoms with E-state index in [0.717, 1.165) is 0 Å². The second kappa shape index (κ2) is 6.83. The molecule has 2 rings (SSSR count). The van der Waals surface area contributed by atoms with Gasteiger partial charge < -0.3 is 19.1 Å². The van der Waals surface area contributed by atoms with Crippen LogP contribution in [0.15, 0.2) is 43.5 Å². The van der Waals surface area contributed by atoms with Crippen LogP contribution in [0.5, 0.6) is 17.2 Å². The Morgan fingerprint density at radius 3 is 2.67 bits per heavy atom. The molecule has 0 aliphatic carbocycles. The Hall–Kier alpha value is -2.43. The Labute approximate surface area is 124 Å². The lowest BCUT2D eigenvalue weighted by Gasteiger charge is -2.23. The van der Waals surface area contributed by atoms with Crippen LogP contribution in [0, 0.1) is 0 Å². The lowest BCUT2D eigenvalue weighted by Crippen LogP contribution is -2.40. The van der Waals surface area contributed by atoms with E-state index in [2.05, 4.69) is 13.2 Å². The van der Waals surface area contributed by atoms with Crippen molar-refractivity contribution in [2.24, 2.45) is 0 Å². The number of hydrogen-bond donors (Lipinski definition) is 0. The molecule has 1 aliphatic rings. The number of amides is 1. The van der Waals surface area contributed by atoms with Crippen molar-refractivity contribution in [2.75, 3.05) is 19.9 Å². The number of nitrogens with zero attached hydrogens (tertiary/aromatic N) is 1. The summed E-state index contributed by atoms with van der Waals surface area (Å²) in [5.41, 5.74) is 0. The highest BCUT2D eigenvalue weighted by molar-refractivity contribution is 5.81. The second-order valence-electron chi connectivity index (χ2n) is 4.60. The van der Waals surface area contributed by atoms with Gasteiger partial charge in [-0.05, 0) is 19.1 Å². The summed E-state index contributed by atoms with van der Waals surface area (Å²) in [6.07, 6.45) is 2.74. The molecule has 0 saturated carbocycles. The molecule has 1 aromatic rings. The summed E-state index contributed by atoms with van der Waals surface area (Å²) < 4.78 is 16.2. The number of hydrogen-bond acceptors (Lipinski definition) is 4. The molecule has 0 radical (unpaired) electrons. The van der Waals surface area contributed by atoms with Crippen molar-refractivity contribution >= 4 is 5.91 Å². The molecule has 5 nitrogen and oxygen atoms in total. The van der Waals surface area contributed by atoms with Crippen LogP contribution in [-0.4, -0.2) is 36.8 Å². The molecule has 21 heavy (non-hydrogen) atoms. The Bertz CT molecular complexity index is 531. The van der Waals surface area contributed by atoms with E-state index in [1.54, 1.807) is 42.2 Å². The molecular formula is C16H19NO4. The molecular weight excluding hydrogens is 270 g/mol. The van der Waals surface area contributed by atoms with Crippen molar-refractivity contribution in [3.8, 4) is 17.2 Å². The van der Waals surface area contributed by atoms with Crippen LogP contribution < -0.4 is 14.2 Å². The van der Waals surface area contributed by atoms with Crippen LogP contribution in [0.25, 0.3) is 0 Å². The highest BCUT2D eigenvalue weighted by Crippen LogP contribution is 2.35. The summed E-state index contributed by atoms with van der Waals surface area (Å²) >= 11 is 0. The van der Waals surface area contributed by atoms with E-state index in [1.807, 2.05) is 0 Å². The van der Waals surface area contributed by atoms with Crippen molar-refractivity contribution in [2.45, 2.75) is 13.0 Å².